The number of nitrogens with one attached hydrogen (secondary N) is 1. The van der Waals surface area contributed by atoms with Crippen molar-refractivity contribution in [2.24, 2.45) is 0 Å². The highest BCUT2D eigenvalue weighted by molar-refractivity contribution is 7.47. The number of quaternary nitrogens is 1. The van der Waals surface area contributed by atoms with E-state index < -0.39 is 38.4 Å². The molecule has 0 heterocycles. The summed E-state index contributed by atoms with van der Waals surface area (Å²) in [6.45, 7) is 3.95. The lowest BCUT2D eigenvalue weighted by atomic mass is 9.97. The third-order valence-electron chi connectivity index (χ3n) is 9.97. The molecule has 0 aliphatic carbocycles. The molecule has 12 nitrogen and oxygen atoms in total. The molecule has 57 heavy (non-hydrogen) atoms. The highest BCUT2D eigenvalue weighted by Gasteiger charge is 2.27. The zero-order valence-electron chi connectivity index (χ0n) is 35.9. The monoisotopic (exact) mass is 822 g/mol. The molecule has 13 heteroatoms. The zero-order valence-corrected chi connectivity index (χ0v) is 36.8. The summed E-state index contributed by atoms with van der Waals surface area (Å²) in [5.41, 5.74) is 0.865. The lowest BCUT2D eigenvalue weighted by molar-refractivity contribution is -0.870. The fourth-order valence-corrected chi connectivity index (χ4v) is 7.03. The third kappa shape index (κ3) is 23.9. The Labute approximate surface area is 342 Å². The number of likely N-dealkylation sites (N-methyl/N-ethyl adjacent to an activating group) is 1. The predicted octanol–water partition coefficient (Wildman–Crippen LogP) is 9.40. The van der Waals surface area contributed by atoms with E-state index in [0.29, 0.717) is 23.9 Å². The lowest BCUT2D eigenvalue weighted by Crippen LogP contribution is -2.37. The second-order valence-electron chi connectivity index (χ2n) is 16.2. The van der Waals surface area contributed by atoms with Gasteiger partial charge in [0, 0.05) is 19.4 Å². The minimum Gasteiger partial charge on any atom is -0.497 e. The van der Waals surface area contributed by atoms with Gasteiger partial charge in [0.15, 0.2) is 6.10 Å². The van der Waals surface area contributed by atoms with Gasteiger partial charge < -0.3 is 28.9 Å². The van der Waals surface area contributed by atoms with Crippen molar-refractivity contribution in [1.29, 1.82) is 0 Å². The molecule has 1 amide bonds. The summed E-state index contributed by atoms with van der Waals surface area (Å²) in [6, 6.07) is 11.6. The van der Waals surface area contributed by atoms with Gasteiger partial charge >= 0.3 is 19.8 Å². The van der Waals surface area contributed by atoms with Crippen molar-refractivity contribution in [2.45, 2.75) is 141 Å². The predicted molar refractivity (Wildman–Crippen MR) is 226 cm³/mol. The Morgan fingerprint density at radius 3 is 1.89 bits per heavy atom. The number of ether oxygens (including phenoxy) is 3. The number of carbonyl (C=O) groups excluding carboxylic acids is 3. The largest absolute Gasteiger partial charge is 0.497 e. The van der Waals surface area contributed by atoms with Gasteiger partial charge in [0.2, 0.25) is 5.91 Å². The number of hydrogen-bond acceptors (Lipinski definition) is 9. The van der Waals surface area contributed by atoms with Gasteiger partial charge in [0.05, 0.1) is 40.8 Å². The first-order valence-electron chi connectivity index (χ1n) is 21.4. The molecule has 2 rings (SSSR count). The van der Waals surface area contributed by atoms with Gasteiger partial charge in [-0.15, -0.1) is 0 Å². The molecule has 0 radical (unpaired) electrons. The number of esters is 2. The number of benzene rings is 2. The van der Waals surface area contributed by atoms with Crippen LogP contribution in [-0.2, 0) is 37.5 Å². The summed E-state index contributed by atoms with van der Waals surface area (Å²) in [6.07, 6.45) is 17.8. The van der Waals surface area contributed by atoms with Crippen molar-refractivity contribution in [3.63, 3.8) is 0 Å². The Bertz CT molecular complexity index is 1500. The van der Waals surface area contributed by atoms with Crippen molar-refractivity contribution in [1.82, 2.24) is 5.32 Å². The minimum atomic E-state index is -4.45. The number of methoxy groups -OCH3 is 1. The van der Waals surface area contributed by atoms with Crippen LogP contribution in [0.5, 0.6) is 5.75 Å². The molecule has 2 N–H and O–H groups in total. The molecule has 0 aliphatic rings. The Balaban J connectivity index is 1.73. The maximum atomic E-state index is 12.9. The van der Waals surface area contributed by atoms with E-state index in [4.69, 9.17) is 23.3 Å². The molecule has 1 unspecified atom stereocenters. The molecule has 2 aromatic rings. The number of carbonyl (C=O) groups is 3. The lowest BCUT2D eigenvalue weighted by Gasteiger charge is -2.24. The van der Waals surface area contributed by atoms with Crippen LogP contribution in [0.2, 0.25) is 0 Å². The van der Waals surface area contributed by atoms with E-state index >= 15 is 0 Å². The average Bonchev–Trinajstić information content (AvgIpc) is 3.17. The summed E-state index contributed by atoms with van der Waals surface area (Å²) >= 11 is 0. The maximum absolute atomic E-state index is 12.9. The van der Waals surface area contributed by atoms with E-state index in [2.05, 4.69) is 12.2 Å². The van der Waals surface area contributed by atoms with E-state index in [9.17, 15) is 23.8 Å². The van der Waals surface area contributed by atoms with Crippen LogP contribution in [0.3, 0.4) is 0 Å². The van der Waals surface area contributed by atoms with Gasteiger partial charge in [-0.2, -0.15) is 0 Å². The van der Waals surface area contributed by atoms with Gasteiger partial charge in [0.1, 0.15) is 25.5 Å². The molecule has 324 valence electrons. The summed E-state index contributed by atoms with van der Waals surface area (Å²) in [7, 11) is 2.93. The van der Waals surface area contributed by atoms with Crippen LogP contribution in [0.1, 0.15) is 141 Å². The number of nitrogens with zero attached hydrogens (tertiary/aromatic N) is 1. The topological polar surface area (TPSA) is 147 Å². The van der Waals surface area contributed by atoms with E-state index in [1.54, 1.807) is 7.11 Å². The Hall–Kier alpha value is -3.02. The second-order valence-corrected chi connectivity index (χ2v) is 17.6. The first-order valence-corrected chi connectivity index (χ1v) is 22.9. The van der Waals surface area contributed by atoms with Crippen LogP contribution in [0.25, 0.3) is 10.8 Å². The minimum absolute atomic E-state index is 0.0175. The molecular weight excluding hydrogens is 747 g/mol. The van der Waals surface area contributed by atoms with Crippen molar-refractivity contribution in [3.05, 3.63) is 42.0 Å². The highest BCUT2D eigenvalue weighted by Crippen LogP contribution is 2.43. The number of unbranched alkanes of at least 4 members (excludes halogenated alkanes) is 14. The van der Waals surface area contributed by atoms with Crippen molar-refractivity contribution < 1.29 is 51.6 Å². The highest BCUT2D eigenvalue weighted by atomic mass is 31.2. The van der Waals surface area contributed by atoms with Gasteiger partial charge in [-0.3, -0.25) is 23.4 Å². The normalized spacial score (nSPS) is 13.8. The molecule has 0 saturated heterocycles. The SMILES string of the molecule is CCCCCCCCCCCCCCCCCC(=O)OC[C@H](COP(=O)(O)OCC[N+](C)(C)C)OC(=O)CCCNC(=O)[C@@H](C)c1ccc2cc(OC)ccc2c1. The molecule has 0 fully saturated rings. The standard InChI is InChI=1S/C44H73N2O10P/c1-7-8-9-10-11-12-13-14-15-16-17-18-19-20-21-23-42(47)53-34-41(35-55-57(50,51)54-31-30-46(3,4)5)56-43(48)24-22-29-45-44(49)36(2)37-25-26-39-33-40(52-6)28-27-38(39)32-37/h25-28,32-33,36,41H,7-24,29-31,34-35H2,1-6H3,(H-,45,49,50,51)/p+1/t36-,41+/m0/s1. The third-order valence-corrected chi connectivity index (χ3v) is 11.0. The molecule has 2 aromatic carbocycles. The molecule has 3 atom stereocenters. The molecule has 0 aliphatic heterocycles. The van der Waals surface area contributed by atoms with E-state index in [0.717, 1.165) is 41.3 Å². The Kier molecular flexibility index (Phi) is 25.0. The molecule has 0 aromatic heterocycles. The van der Waals surface area contributed by atoms with Crippen LogP contribution in [0.4, 0.5) is 0 Å². The zero-order chi connectivity index (χ0) is 41.9. The Morgan fingerprint density at radius 2 is 1.30 bits per heavy atom. The molecular formula is C44H74N2O10P+. The van der Waals surface area contributed by atoms with Gasteiger partial charge in [-0.25, -0.2) is 4.57 Å². The quantitative estimate of drug-likeness (QED) is 0.0309. The van der Waals surface area contributed by atoms with Crippen LogP contribution in [0.15, 0.2) is 36.4 Å². The number of amides is 1. The van der Waals surface area contributed by atoms with Gasteiger partial charge in [-0.1, -0.05) is 121 Å². The number of hydrogen-bond donors (Lipinski definition) is 2. The van der Waals surface area contributed by atoms with E-state index in [1.165, 1.54) is 70.6 Å². The summed E-state index contributed by atoms with van der Waals surface area (Å²) < 4.78 is 39.5. The fourth-order valence-electron chi connectivity index (χ4n) is 6.29. The summed E-state index contributed by atoms with van der Waals surface area (Å²) in [5, 5.41) is 4.89. The first kappa shape index (κ1) is 50.1. The molecule has 0 bridgehead atoms. The smallest absolute Gasteiger partial charge is 0.472 e. The number of fused-ring (bicyclic) bond motifs is 1. The summed E-state index contributed by atoms with van der Waals surface area (Å²) in [4.78, 5) is 48.5. The average molecular weight is 822 g/mol. The molecule has 0 spiro atoms. The number of phosphoric ester groups is 1. The van der Waals surface area contributed by atoms with Crippen molar-refractivity contribution in [2.75, 3.05) is 61.2 Å². The number of rotatable bonds is 33. The Morgan fingerprint density at radius 1 is 0.737 bits per heavy atom. The van der Waals surface area contributed by atoms with Gasteiger partial charge in [-0.05, 0) is 48.2 Å². The van der Waals surface area contributed by atoms with Crippen LogP contribution in [0, 0.1) is 0 Å². The van der Waals surface area contributed by atoms with Gasteiger partial charge in [0.25, 0.3) is 0 Å². The van der Waals surface area contributed by atoms with Crippen LogP contribution >= 0.6 is 7.82 Å². The summed E-state index contributed by atoms with van der Waals surface area (Å²) in [5.74, 6) is -0.869. The fraction of sp³-hybridized carbons (Fsp3) is 0.705. The van der Waals surface area contributed by atoms with E-state index in [1.807, 2.05) is 64.5 Å². The number of phosphoric acid groups is 1. The van der Waals surface area contributed by atoms with Crippen LogP contribution in [-0.4, -0.2) is 94.5 Å². The van der Waals surface area contributed by atoms with Crippen molar-refractivity contribution >= 4 is 36.4 Å². The molecule has 0 saturated carbocycles. The maximum Gasteiger partial charge on any atom is 0.472 e. The second kappa shape index (κ2) is 28.4. The van der Waals surface area contributed by atoms with Crippen molar-refractivity contribution in [3.8, 4) is 5.75 Å². The van der Waals surface area contributed by atoms with E-state index in [-0.39, 0.29) is 38.5 Å². The first-order chi connectivity index (χ1) is 27.2. The van der Waals surface area contributed by atoms with Crippen LogP contribution < -0.4 is 10.1 Å².